The van der Waals surface area contributed by atoms with Crippen LogP contribution < -0.4 is 5.73 Å². The van der Waals surface area contributed by atoms with Crippen LogP contribution in [0.3, 0.4) is 0 Å². The maximum atomic E-state index is 6.06. The van der Waals surface area contributed by atoms with Crippen LogP contribution >= 0.6 is 22.6 Å². The normalized spacial score (nSPS) is 11.1. The summed E-state index contributed by atoms with van der Waals surface area (Å²) in [5, 5.41) is 0. The lowest BCUT2D eigenvalue weighted by molar-refractivity contribution is 0.632. The van der Waals surface area contributed by atoms with Crippen LogP contribution in [0.5, 0.6) is 0 Å². The Hall–Kier alpha value is -1.17. The average molecular weight is 381 g/mol. The van der Waals surface area contributed by atoms with E-state index in [1.165, 1.54) is 11.1 Å². The van der Waals surface area contributed by atoms with Crippen molar-refractivity contribution in [2.75, 3.05) is 5.73 Å². The Morgan fingerprint density at radius 2 is 1.90 bits per heavy atom. The van der Waals surface area contributed by atoms with Gasteiger partial charge >= 0.3 is 0 Å². The van der Waals surface area contributed by atoms with E-state index >= 15 is 0 Å². The molecule has 20 heavy (non-hydrogen) atoms. The Kier molecular flexibility index (Phi) is 4.62. The van der Waals surface area contributed by atoms with E-state index in [1.807, 2.05) is 0 Å². The summed E-state index contributed by atoms with van der Waals surface area (Å²) in [4.78, 5) is 9.22. The molecule has 0 amide bonds. The third-order valence-corrected chi connectivity index (χ3v) is 4.36. The summed E-state index contributed by atoms with van der Waals surface area (Å²) in [5.74, 6) is 1.86. The number of hydrogen-bond acceptors (Lipinski definition) is 3. The van der Waals surface area contributed by atoms with Crippen LogP contribution in [0.4, 0.5) is 5.82 Å². The zero-order valence-corrected chi connectivity index (χ0v) is 14.5. The number of aromatic nitrogens is 2. The van der Waals surface area contributed by atoms with E-state index in [4.69, 9.17) is 10.7 Å². The van der Waals surface area contributed by atoms with E-state index in [0.717, 1.165) is 27.1 Å². The summed E-state index contributed by atoms with van der Waals surface area (Å²) >= 11 is 2.24. The van der Waals surface area contributed by atoms with Gasteiger partial charge in [0.15, 0.2) is 5.82 Å². The smallest absolute Gasteiger partial charge is 0.162 e. The lowest BCUT2D eigenvalue weighted by Crippen LogP contribution is -2.08. The van der Waals surface area contributed by atoms with Crippen LogP contribution in [-0.2, 0) is 6.42 Å². The van der Waals surface area contributed by atoms with Crippen LogP contribution in [0.1, 0.15) is 30.7 Å². The van der Waals surface area contributed by atoms with E-state index in [0.29, 0.717) is 11.7 Å². The Morgan fingerprint density at radius 3 is 2.55 bits per heavy atom. The molecular weight excluding hydrogens is 361 g/mol. The molecule has 0 bridgehead atoms. The Bertz CT molecular complexity index is 636. The quantitative estimate of drug-likeness (QED) is 0.813. The van der Waals surface area contributed by atoms with Gasteiger partial charge in [-0.25, -0.2) is 9.97 Å². The summed E-state index contributed by atoms with van der Waals surface area (Å²) in [5.41, 5.74) is 10.6. The monoisotopic (exact) mass is 381 g/mol. The third-order valence-electron chi connectivity index (χ3n) is 3.18. The Morgan fingerprint density at radius 1 is 1.20 bits per heavy atom. The minimum absolute atomic E-state index is 0.546. The number of nitrogens with two attached hydrogens (primary N) is 1. The van der Waals surface area contributed by atoms with Gasteiger partial charge in [0.2, 0.25) is 0 Å². The Labute approximate surface area is 134 Å². The molecule has 0 atom stereocenters. The fourth-order valence-corrected chi connectivity index (χ4v) is 2.59. The van der Waals surface area contributed by atoms with Crippen LogP contribution in [-0.4, -0.2) is 9.97 Å². The summed E-state index contributed by atoms with van der Waals surface area (Å²) in [6, 6.07) is 6.32. The summed E-state index contributed by atoms with van der Waals surface area (Å²) < 4.78 is 0.977. The standard InChI is InChI=1S/C16H20IN3/c1-9(2)7-13-14(17)15(18)20-16(19-13)12-8-10(3)5-6-11(12)4/h5-6,8-9H,7H2,1-4H3,(H2,18,19,20). The average Bonchev–Trinajstić information content (AvgIpc) is 2.37. The molecular formula is C16H20IN3. The first-order valence-corrected chi connectivity index (χ1v) is 7.86. The summed E-state index contributed by atoms with van der Waals surface area (Å²) in [6.45, 7) is 8.53. The molecule has 0 radical (unpaired) electrons. The van der Waals surface area contributed by atoms with E-state index in [2.05, 4.69) is 73.5 Å². The zero-order valence-electron chi connectivity index (χ0n) is 12.4. The maximum Gasteiger partial charge on any atom is 0.162 e. The second-order valence-electron chi connectivity index (χ2n) is 5.61. The largest absolute Gasteiger partial charge is 0.383 e. The minimum Gasteiger partial charge on any atom is -0.383 e. The van der Waals surface area contributed by atoms with Gasteiger partial charge in [-0.15, -0.1) is 0 Å². The van der Waals surface area contributed by atoms with Gasteiger partial charge in [0.1, 0.15) is 5.82 Å². The third kappa shape index (κ3) is 3.29. The lowest BCUT2D eigenvalue weighted by Gasteiger charge is -2.12. The second kappa shape index (κ2) is 6.08. The van der Waals surface area contributed by atoms with Crippen molar-refractivity contribution in [2.24, 2.45) is 5.92 Å². The number of hydrogen-bond donors (Lipinski definition) is 1. The minimum atomic E-state index is 0.546. The molecule has 4 heteroatoms. The van der Waals surface area contributed by atoms with Gasteiger partial charge in [-0.3, -0.25) is 0 Å². The van der Waals surface area contributed by atoms with E-state index in [9.17, 15) is 0 Å². The van der Waals surface area contributed by atoms with Gasteiger partial charge in [0, 0.05) is 5.56 Å². The molecule has 2 aromatic rings. The number of nitrogen functional groups attached to an aromatic ring is 1. The van der Waals surface area contributed by atoms with Crippen molar-refractivity contribution >= 4 is 28.4 Å². The van der Waals surface area contributed by atoms with Gasteiger partial charge in [-0.2, -0.15) is 0 Å². The lowest BCUT2D eigenvalue weighted by atomic mass is 10.0. The van der Waals surface area contributed by atoms with Crippen molar-refractivity contribution in [3.8, 4) is 11.4 Å². The van der Waals surface area contributed by atoms with Gasteiger partial charge in [-0.1, -0.05) is 31.5 Å². The van der Waals surface area contributed by atoms with Gasteiger partial charge in [-0.05, 0) is 60.4 Å². The van der Waals surface area contributed by atoms with Crippen molar-refractivity contribution in [1.82, 2.24) is 9.97 Å². The molecule has 0 saturated carbocycles. The number of halogens is 1. The van der Waals surface area contributed by atoms with Gasteiger partial charge < -0.3 is 5.73 Å². The molecule has 1 heterocycles. The molecule has 1 aromatic heterocycles. The molecule has 0 aliphatic rings. The number of rotatable bonds is 3. The van der Waals surface area contributed by atoms with Crippen LogP contribution in [0.15, 0.2) is 18.2 Å². The second-order valence-corrected chi connectivity index (χ2v) is 6.69. The molecule has 3 nitrogen and oxygen atoms in total. The topological polar surface area (TPSA) is 51.8 Å². The highest BCUT2D eigenvalue weighted by Gasteiger charge is 2.14. The molecule has 0 aliphatic heterocycles. The highest BCUT2D eigenvalue weighted by molar-refractivity contribution is 14.1. The van der Waals surface area contributed by atoms with Crippen LogP contribution in [0.2, 0.25) is 0 Å². The highest BCUT2D eigenvalue weighted by atomic mass is 127. The van der Waals surface area contributed by atoms with E-state index < -0.39 is 0 Å². The maximum absolute atomic E-state index is 6.06. The molecule has 0 saturated heterocycles. The molecule has 0 aliphatic carbocycles. The molecule has 0 unspecified atom stereocenters. The van der Waals surface area contributed by atoms with Crippen molar-refractivity contribution in [3.63, 3.8) is 0 Å². The van der Waals surface area contributed by atoms with E-state index in [1.54, 1.807) is 0 Å². The molecule has 2 rings (SSSR count). The SMILES string of the molecule is Cc1ccc(C)c(-c2nc(N)c(I)c(CC(C)C)n2)c1. The fourth-order valence-electron chi connectivity index (χ4n) is 2.13. The van der Waals surface area contributed by atoms with Crippen LogP contribution in [0.25, 0.3) is 11.4 Å². The summed E-state index contributed by atoms with van der Waals surface area (Å²) in [7, 11) is 0. The van der Waals surface area contributed by atoms with Gasteiger partial charge in [0.05, 0.1) is 9.26 Å². The summed E-state index contributed by atoms with van der Waals surface area (Å²) in [6.07, 6.45) is 0.920. The molecule has 1 aromatic carbocycles. The highest BCUT2D eigenvalue weighted by Crippen LogP contribution is 2.26. The first kappa shape index (κ1) is 15.2. The predicted molar refractivity (Wildman–Crippen MR) is 92.6 cm³/mol. The molecule has 0 fully saturated rings. The number of aryl methyl sites for hydroxylation is 2. The number of nitrogens with zero attached hydrogens (tertiary/aromatic N) is 2. The zero-order chi connectivity index (χ0) is 14.9. The van der Waals surface area contributed by atoms with E-state index in [-0.39, 0.29) is 0 Å². The first-order valence-electron chi connectivity index (χ1n) is 6.78. The first-order chi connectivity index (χ1) is 9.38. The van der Waals surface area contributed by atoms with Crippen molar-refractivity contribution in [1.29, 1.82) is 0 Å². The molecule has 2 N–H and O–H groups in total. The van der Waals surface area contributed by atoms with Crippen molar-refractivity contribution < 1.29 is 0 Å². The van der Waals surface area contributed by atoms with Gasteiger partial charge in [0.25, 0.3) is 0 Å². The number of benzene rings is 1. The van der Waals surface area contributed by atoms with Crippen molar-refractivity contribution in [2.45, 2.75) is 34.1 Å². The molecule has 0 spiro atoms. The molecule has 106 valence electrons. The predicted octanol–water partition coefficient (Wildman–Crippen LogP) is 4.15. The number of anilines is 1. The fraction of sp³-hybridized carbons (Fsp3) is 0.375. The van der Waals surface area contributed by atoms with Crippen LogP contribution in [0, 0.1) is 23.3 Å². The Balaban J connectivity index is 2.57. The van der Waals surface area contributed by atoms with Crippen molar-refractivity contribution in [3.05, 3.63) is 38.6 Å².